The van der Waals surface area contributed by atoms with Crippen molar-refractivity contribution in [2.75, 3.05) is 49.3 Å². The second-order valence-corrected chi connectivity index (χ2v) is 13.1. The number of thiophene rings is 1. The van der Waals surface area contributed by atoms with Crippen molar-refractivity contribution in [1.29, 1.82) is 0 Å². The van der Waals surface area contributed by atoms with Gasteiger partial charge in [0.2, 0.25) is 0 Å². The summed E-state index contributed by atoms with van der Waals surface area (Å²) in [4.78, 5) is 37.1. The minimum absolute atomic E-state index is 0.147. The van der Waals surface area contributed by atoms with Crippen LogP contribution in [0.3, 0.4) is 0 Å². The monoisotopic (exact) mass is 630 g/mol. The SMILES string of the molecule is CN(C)CCCNc1ccc(Nc2cc(-c3cc(F)cc(N4CCc5c(sc6c5CCCC6)C4=O)c3CO)cn(C)c2=O)nc1. The normalized spacial score (nSPS) is 14.4. The number of fused-ring (bicyclic) bond motifs is 3. The molecule has 9 nitrogen and oxygen atoms in total. The molecule has 4 aromatic rings. The topological polar surface area (TPSA) is 103 Å². The molecule has 0 unspecified atom stereocenters. The molecular weight excluding hydrogens is 591 g/mol. The lowest BCUT2D eigenvalue weighted by molar-refractivity contribution is 0.0984. The molecule has 3 N–H and O–H groups in total. The smallest absolute Gasteiger partial charge is 0.274 e. The first-order chi connectivity index (χ1) is 21.7. The van der Waals surface area contributed by atoms with Crippen molar-refractivity contribution in [3.8, 4) is 11.1 Å². The molecule has 0 atom stereocenters. The summed E-state index contributed by atoms with van der Waals surface area (Å²) in [5, 5.41) is 17.0. The number of aryl methyl sites for hydroxylation is 2. The molecule has 3 aromatic heterocycles. The zero-order chi connectivity index (χ0) is 31.7. The molecule has 0 radical (unpaired) electrons. The van der Waals surface area contributed by atoms with Crippen LogP contribution in [-0.2, 0) is 32.9 Å². The number of hydrogen-bond donors (Lipinski definition) is 3. The van der Waals surface area contributed by atoms with Crippen molar-refractivity contribution < 1.29 is 14.3 Å². The van der Waals surface area contributed by atoms with Gasteiger partial charge in [-0.1, -0.05) is 0 Å². The molecule has 45 heavy (non-hydrogen) atoms. The van der Waals surface area contributed by atoms with Crippen molar-refractivity contribution >= 4 is 40.1 Å². The van der Waals surface area contributed by atoms with E-state index < -0.39 is 12.4 Å². The highest BCUT2D eigenvalue weighted by atomic mass is 32.1. The van der Waals surface area contributed by atoms with E-state index >= 15 is 4.39 Å². The lowest BCUT2D eigenvalue weighted by atomic mass is 9.91. The van der Waals surface area contributed by atoms with Gasteiger partial charge in [0, 0.05) is 42.3 Å². The van der Waals surface area contributed by atoms with E-state index in [1.807, 2.05) is 20.2 Å². The van der Waals surface area contributed by atoms with Crippen LogP contribution in [-0.4, -0.2) is 59.2 Å². The highest BCUT2D eigenvalue weighted by Crippen LogP contribution is 2.41. The van der Waals surface area contributed by atoms with Crippen LogP contribution in [0.15, 0.2) is 47.5 Å². The average Bonchev–Trinajstić information content (AvgIpc) is 3.41. The van der Waals surface area contributed by atoms with Gasteiger partial charge < -0.3 is 30.1 Å². The molecule has 0 spiro atoms. The number of rotatable bonds is 10. The van der Waals surface area contributed by atoms with Crippen LogP contribution in [0.2, 0.25) is 0 Å². The largest absolute Gasteiger partial charge is 0.392 e. The first-order valence-electron chi connectivity index (χ1n) is 15.4. The zero-order valence-corrected chi connectivity index (χ0v) is 26.8. The number of carbonyl (C=O) groups excluding carboxylic acids is 1. The standard InChI is InChI=1S/C34H39FN6O3S/c1-39(2)13-6-12-36-23-9-10-31(37-18-23)38-28-15-21(19-40(3)33(28)43)26-16-22(35)17-29(27(26)20-42)41-14-11-25-24-7-4-5-8-30(24)45-32(25)34(41)44/h9-10,15-19,36,42H,4-8,11-14,20H2,1-3H3,(H,37,38). The Labute approximate surface area is 266 Å². The van der Waals surface area contributed by atoms with Crippen LogP contribution in [0.5, 0.6) is 0 Å². The number of aliphatic hydroxyl groups is 1. The first kappa shape index (κ1) is 30.9. The predicted octanol–water partition coefficient (Wildman–Crippen LogP) is 5.33. The molecular formula is C34H39FN6O3S. The Bertz CT molecular complexity index is 1780. The van der Waals surface area contributed by atoms with Gasteiger partial charge in [-0.25, -0.2) is 9.37 Å². The molecule has 0 saturated heterocycles. The van der Waals surface area contributed by atoms with Crippen molar-refractivity contribution in [2.45, 2.75) is 45.1 Å². The van der Waals surface area contributed by atoms with E-state index in [1.54, 1.807) is 47.8 Å². The number of nitrogens with zero attached hydrogens (tertiary/aromatic N) is 4. The summed E-state index contributed by atoms with van der Waals surface area (Å²) in [5.41, 5.74) is 5.07. The Hall–Kier alpha value is -4.06. The minimum Gasteiger partial charge on any atom is -0.392 e. The van der Waals surface area contributed by atoms with Gasteiger partial charge in [0.1, 0.15) is 17.3 Å². The average molecular weight is 631 g/mol. The van der Waals surface area contributed by atoms with Crippen LogP contribution in [0.4, 0.5) is 27.3 Å². The second kappa shape index (κ2) is 13.1. The summed E-state index contributed by atoms with van der Waals surface area (Å²) in [6.07, 6.45) is 9.31. The number of carbonyl (C=O) groups is 1. The van der Waals surface area contributed by atoms with Crippen LogP contribution in [0.25, 0.3) is 11.1 Å². The molecule has 236 valence electrons. The van der Waals surface area contributed by atoms with Crippen LogP contribution < -0.4 is 21.1 Å². The number of aromatic nitrogens is 2. The third-order valence-electron chi connectivity index (χ3n) is 8.58. The maximum Gasteiger partial charge on any atom is 0.274 e. The molecule has 1 aliphatic carbocycles. The molecule has 1 aliphatic heterocycles. The van der Waals surface area contributed by atoms with Crippen LogP contribution >= 0.6 is 11.3 Å². The van der Waals surface area contributed by atoms with E-state index in [9.17, 15) is 14.7 Å². The number of benzene rings is 1. The van der Waals surface area contributed by atoms with Crippen LogP contribution in [0, 0.1) is 5.82 Å². The lowest BCUT2D eigenvalue weighted by Crippen LogP contribution is -2.37. The number of amides is 1. The third kappa shape index (κ3) is 6.38. The molecule has 0 fully saturated rings. The van der Waals surface area contributed by atoms with Gasteiger partial charge in [-0.05, 0) is 106 Å². The number of anilines is 4. The lowest BCUT2D eigenvalue weighted by Gasteiger charge is -2.30. The summed E-state index contributed by atoms with van der Waals surface area (Å²) < 4.78 is 16.7. The van der Waals surface area contributed by atoms with Gasteiger partial charge in [-0.15, -0.1) is 11.3 Å². The van der Waals surface area contributed by atoms with Gasteiger partial charge in [0.05, 0.1) is 29.1 Å². The fourth-order valence-electron chi connectivity index (χ4n) is 6.32. The number of nitrogens with one attached hydrogen (secondary N) is 2. The van der Waals surface area contributed by atoms with E-state index in [2.05, 4.69) is 20.5 Å². The molecule has 11 heteroatoms. The van der Waals surface area contributed by atoms with Crippen molar-refractivity contribution in [1.82, 2.24) is 14.5 Å². The highest BCUT2D eigenvalue weighted by molar-refractivity contribution is 7.14. The number of pyridine rings is 2. The maximum atomic E-state index is 15.3. The zero-order valence-electron chi connectivity index (χ0n) is 26.0. The minimum atomic E-state index is -0.528. The molecule has 0 saturated carbocycles. The first-order valence-corrected chi connectivity index (χ1v) is 16.3. The quantitative estimate of drug-likeness (QED) is 0.204. The molecule has 6 rings (SSSR count). The third-order valence-corrected chi connectivity index (χ3v) is 9.90. The van der Waals surface area contributed by atoms with Gasteiger partial charge in [-0.3, -0.25) is 9.59 Å². The molecule has 1 amide bonds. The second-order valence-electron chi connectivity index (χ2n) is 12.0. The van der Waals surface area contributed by atoms with Gasteiger partial charge in [0.25, 0.3) is 11.5 Å². The molecule has 0 bridgehead atoms. The maximum absolute atomic E-state index is 15.3. The van der Waals surface area contributed by atoms with E-state index in [1.165, 1.54) is 27.1 Å². The number of halogens is 1. The molecule has 1 aromatic carbocycles. The van der Waals surface area contributed by atoms with Gasteiger partial charge in [0.15, 0.2) is 0 Å². The van der Waals surface area contributed by atoms with E-state index in [4.69, 9.17) is 0 Å². The predicted molar refractivity (Wildman–Crippen MR) is 179 cm³/mol. The van der Waals surface area contributed by atoms with E-state index in [0.29, 0.717) is 41.2 Å². The number of aliphatic hydroxyl groups excluding tert-OH is 1. The fraction of sp³-hybridized carbons (Fsp3) is 0.382. The Morgan fingerprint density at radius 3 is 2.67 bits per heavy atom. The van der Waals surface area contributed by atoms with Gasteiger partial charge in [-0.2, -0.15) is 0 Å². The van der Waals surface area contributed by atoms with Gasteiger partial charge >= 0.3 is 0 Å². The highest BCUT2D eigenvalue weighted by Gasteiger charge is 2.33. The van der Waals surface area contributed by atoms with Crippen molar-refractivity contribution in [3.05, 3.63) is 85.3 Å². The van der Waals surface area contributed by atoms with Crippen molar-refractivity contribution in [2.24, 2.45) is 7.05 Å². The molecule has 2 aliphatic rings. The summed E-state index contributed by atoms with van der Waals surface area (Å²) in [6, 6.07) is 7.99. The summed E-state index contributed by atoms with van der Waals surface area (Å²) in [5.74, 6) is -0.190. The Morgan fingerprint density at radius 2 is 1.91 bits per heavy atom. The Morgan fingerprint density at radius 1 is 1.09 bits per heavy atom. The van der Waals surface area contributed by atoms with Crippen LogP contribution in [0.1, 0.15) is 50.5 Å². The fourth-order valence-corrected chi connectivity index (χ4v) is 7.71. The number of hydrogen-bond acceptors (Lipinski definition) is 8. The molecule has 4 heterocycles. The Kier molecular flexibility index (Phi) is 9.02. The Balaban J connectivity index is 1.29. The van der Waals surface area contributed by atoms with E-state index in [0.717, 1.165) is 61.3 Å². The summed E-state index contributed by atoms with van der Waals surface area (Å²) in [7, 11) is 5.71. The van der Waals surface area contributed by atoms with Crippen molar-refractivity contribution in [3.63, 3.8) is 0 Å². The van der Waals surface area contributed by atoms with E-state index in [-0.39, 0.29) is 17.2 Å². The summed E-state index contributed by atoms with van der Waals surface area (Å²) >= 11 is 1.57. The summed E-state index contributed by atoms with van der Waals surface area (Å²) in [6.45, 7) is 1.81.